The zero-order valence-corrected chi connectivity index (χ0v) is 10.6. The number of rotatable bonds is 5. The zero-order chi connectivity index (χ0) is 9.78. The van der Waals surface area contributed by atoms with E-state index in [9.17, 15) is 0 Å². The lowest BCUT2D eigenvalue weighted by molar-refractivity contribution is 0.213. The summed E-state index contributed by atoms with van der Waals surface area (Å²) >= 11 is 3.54. The molecular weight excluding hydrogens is 214 g/mol. The highest BCUT2D eigenvalue weighted by molar-refractivity contribution is 9.09. The summed E-state index contributed by atoms with van der Waals surface area (Å²) < 4.78 is 0. The van der Waals surface area contributed by atoms with E-state index in [1.165, 1.54) is 6.54 Å². The van der Waals surface area contributed by atoms with Gasteiger partial charge in [-0.2, -0.15) is 0 Å². The summed E-state index contributed by atoms with van der Waals surface area (Å²) in [6, 6.07) is 0. The van der Waals surface area contributed by atoms with Crippen molar-refractivity contribution in [2.45, 2.75) is 27.7 Å². The van der Waals surface area contributed by atoms with E-state index in [1.807, 2.05) is 0 Å². The van der Waals surface area contributed by atoms with Crippen LogP contribution in [0.15, 0.2) is 0 Å². The van der Waals surface area contributed by atoms with Crippen LogP contribution in [0, 0.1) is 11.3 Å². The number of nitrogens with zero attached hydrogens (tertiary/aromatic N) is 1. The lowest BCUT2D eigenvalue weighted by Gasteiger charge is -2.29. The maximum atomic E-state index is 3.54. The molecule has 74 valence electrons. The molecule has 0 aliphatic rings. The number of alkyl halides is 1. The normalized spacial score (nSPS) is 13.0. The minimum atomic E-state index is 0.393. The van der Waals surface area contributed by atoms with Crippen LogP contribution >= 0.6 is 15.9 Å². The number of halogens is 1. The fourth-order valence-electron chi connectivity index (χ4n) is 1.46. The van der Waals surface area contributed by atoms with Crippen molar-refractivity contribution in [3.8, 4) is 0 Å². The molecule has 0 amide bonds. The van der Waals surface area contributed by atoms with E-state index in [4.69, 9.17) is 0 Å². The van der Waals surface area contributed by atoms with Crippen LogP contribution in [0.1, 0.15) is 27.7 Å². The van der Waals surface area contributed by atoms with Gasteiger partial charge in [0.05, 0.1) is 0 Å². The third-order valence-electron chi connectivity index (χ3n) is 1.74. The third-order valence-corrected chi connectivity index (χ3v) is 3.25. The molecule has 1 nitrogen and oxygen atoms in total. The van der Waals surface area contributed by atoms with Gasteiger partial charge in [-0.3, -0.25) is 0 Å². The minimum Gasteiger partial charge on any atom is -0.306 e. The Morgan fingerprint density at radius 3 is 2.17 bits per heavy atom. The van der Waals surface area contributed by atoms with Gasteiger partial charge in [0, 0.05) is 18.4 Å². The first kappa shape index (κ1) is 12.4. The Kier molecular flexibility index (Phi) is 5.42. The van der Waals surface area contributed by atoms with E-state index in [2.05, 4.69) is 55.6 Å². The smallest absolute Gasteiger partial charge is 0.00949 e. The Balaban J connectivity index is 3.75. The molecule has 0 aliphatic heterocycles. The second kappa shape index (κ2) is 5.23. The predicted octanol–water partition coefficient (Wildman–Crippen LogP) is 3.00. The Labute approximate surface area is 85.7 Å². The molecule has 0 rings (SSSR count). The number of hydrogen-bond donors (Lipinski definition) is 0. The Morgan fingerprint density at radius 2 is 1.83 bits per heavy atom. The van der Waals surface area contributed by atoms with Gasteiger partial charge >= 0.3 is 0 Å². The third kappa shape index (κ3) is 6.01. The van der Waals surface area contributed by atoms with E-state index in [-0.39, 0.29) is 0 Å². The van der Waals surface area contributed by atoms with Gasteiger partial charge in [0.2, 0.25) is 0 Å². The fourth-order valence-corrected chi connectivity index (χ4v) is 1.64. The topological polar surface area (TPSA) is 3.24 Å². The molecule has 0 saturated heterocycles. The molecule has 0 saturated carbocycles. The molecule has 0 fully saturated rings. The molecule has 0 unspecified atom stereocenters. The van der Waals surface area contributed by atoms with Crippen LogP contribution in [0.2, 0.25) is 0 Å². The molecule has 0 heterocycles. The van der Waals surface area contributed by atoms with Crippen molar-refractivity contribution in [3.05, 3.63) is 0 Å². The van der Waals surface area contributed by atoms with E-state index in [1.54, 1.807) is 0 Å². The van der Waals surface area contributed by atoms with Crippen molar-refractivity contribution in [2.24, 2.45) is 11.3 Å². The van der Waals surface area contributed by atoms with Crippen LogP contribution in [0.3, 0.4) is 0 Å². The molecule has 0 aliphatic carbocycles. The highest BCUT2D eigenvalue weighted by atomic mass is 79.9. The van der Waals surface area contributed by atoms with Crippen molar-refractivity contribution >= 4 is 15.9 Å². The van der Waals surface area contributed by atoms with Gasteiger partial charge in [-0.15, -0.1) is 0 Å². The molecule has 0 atom stereocenters. The van der Waals surface area contributed by atoms with Crippen LogP contribution < -0.4 is 0 Å². The summed E-state index contributed by atoms with van der Waals surface area (Å²) in [5.74, 6) is 0.765. The zero-order valence-electron chi connectivity index (χ0n) is 9.02. The van der Waals surface area contributed by atoms with Crippen LogP contribution in [-0.2, 0) is 0 Å². The van der Waals surface area contributed by atoms with Crippen molar-refractivity contribution in [2.75, 3.05) is 25.5 Å². The quantitative estimate of drug-likeness (QED) is 0.663. The lowest BCUT2D eigenvalue weighted by atomic mass is 9.96. The molecule has 0 aromatic heterocycles. The van der Waals surface area contributed by atoms with Crippen LogP contribution in [0.5, 0.6) is 0 Å². The highest BCUT2D eigenvalue weighted by Gasteiger charge is 2.18. The Bertz CT molecular complexity index is 121. The maximum Gasteiger partial charge on any atom is 0.00949 e. The summed E-state index contributed by atoms with van der Waals surface area (Å²) in [6.45, 7) is 11.5. The van der Waals surface area contributed by atoms with Gasteiger partial charge in [0.1, 0.15) is 0 Å². The molecule has 0 aromatic carbocycles. The molecule has 0 N–H and O–H groups in total. The SMILES string of the molecule is CC(C)CN(C)CC(C)(C)CBr. The molecule has 0 radical (unpaired) electrons. The average molecular weight is 236 g/mol. The molecule has 0 spiro atoms. The summed E-state index contributed by atoms with van der Waals surface area (Å²) in [6.07, 6.45) is 0. The van der Waals surface area contributed by atoms with E-state index < -0.39 is 0 Å². The second-order valence-electron chi connectivity index (χ2n) is 4.89. The number of hydrogen-bond acceptors (Lipinski definition) is 1. The summed E-state index contributed by atoms with van der Waals surface area (Å²) in [4.78, 5) is 2.41. The van der Waals surface area contributed by atoms with Crippen LogP contribution in [0.25, 0.3) is 0 Å². The lowest BCUT2D eigenvalue weighted by Crippen LogP contribution is -2.34. The van der Waals surface area contributed by atoms with Crippen molar-refractivity contribution in [1.29, 1.82) is 0 Å². The Hall–Kier alpha value is 0.440. The van der Waals surface area contributed by atoms with Gasteiger partial charge in [-0.05, 0) is 18.4 Å². The monoisotopic (exact) mass is 235 g/mol. The first-order chi connectivity index (χ1) is 5.37. The first-order valence-electron chi connectivity index (χ1n) is 4.62. The van der Waals surface area contributed by atoms with Gasteiger partial charge in [-0.25, -0.2) is 0 Å². The average Bonchev–Trinajstić information content (AvgIpc) is 1.84. The van der Waals surface area contributed by atoms with E-state index in [0.29, 0.717) is 5.41 Å². The summed E-state index contributed by atoms with van der Waals surface area (Å²) in [5.41, 5.74) is 0.393. The fraction of sp³-hybridized carbons (Fsp3) is 1.00. The van der Waals surface area contributed by atoms with E-state index in [0.717, 1.165) is 17.8 Å². The maximum absolute atomic E-state index is 3.54. The Morgan fingerprint density at radius 1 is 1.33 bits per heavy atom. The van der Waals surface area contributed by atoms with Crippen LogP contribution in [-0.4, -0.2) is 30.4 Å². The van der Waals surface area contributed by atoms with E-state index >= 15 is 0 Å². The van der Waals surface area contributed by atoms with Gasteiger partial charge in [0.15, 0.2) is 0 Å². The van der Waals surface area contributed by atoms with Crippen LogP contribution in [0.4, 0.5) is 0 Å². The van der Waals surface area contributed by atoms with Gasteiger partial charge < -0.3 is 4.90 Å². The van der Waals surface area contributed by atoms with Crippen molar-refractivity contribution in [1.82, 2.24) is 4.90 Å². The van der Waals surface area contributed by atoms with Gasteiger partial charge in [0.25, 0.3) is 0 Å². The first-order valence-corrected chi connectivity index (χ1v) is 5.74. The molecule has 2 heteroatoms. The molecule has 12 heavy (non-hydrogen) atoms. The molecular formula is C10H22BrN. The summed E-state index contributed by atoms with van der Waals surface area (Å²) in [7, 11) is 2.20. The largest absolute Gasteiger partial charge is 0.306 e. The standard InChI is InChI=1S/C10H22BrN/c1-9(2)6-12(5)8-10(3,4)7-11/h9H,6-8H2,1-5H3. The minimum absolute atomic E-state index is 0.393. The molecule has 0 bridgehead atoms. The second-order valence-corrected chi connectivity index (χ2v) is 5.45. The highest BCUT2D eigenvalue weighted by Crippen LogP contribution is 2.19. The predicted molar refractivity (Wildman–Crippen MR) is 59.9 cm³/mol. The van der Waals surface area contributed by atoms with Gasteiger partial charge in [-0.1, -0.05) is 43.6 Å². The van der Waals surface area contributed by atoms with Crippen molar-refractivity contribution in [3.63, 3.8) is 0 Å². The molecule has 0 aromatic rings. The van der Waals surface area contributed by atoms with Crippen molar-refractivity contribution < 1.29 is 0 Å². The summed E-state index contributed by atoms with van der Waals surface area (Å²) in [5, 5.41) is 1.07.